The van der Waals surface area contributed by atoms with Crippen molar-refractivity contribution in [2.45, 2.75) is 25.7 Å². The molecule has 1 saturated carbocycles. The Morgan fingerprint density at radius 3 is 2.83 bits per heavy atom. The molecule has 1 fully saturated rings. The summed E-state index contributed by atoms with van der Waals surface area (Å²) in [6, 6.07) is 0. The number of nitrogens with two attached hydrogens (primary N) is 1. The van der Waals surface area contributed by atoms with Crippen molar-refractivity contribution in [3.8, 4) is 0 Å². The summed E-state index contributed by atoms with van der Waals surface area (Å²) in [5.74, 6) is 2.44. The van der Waals surface area contributed by atoms with Gasteiger partial charge in [0.2, 0.25) is 5.89 Å². The van der Waals surface area contributed by atoms with Gasteiger partial charge in [-0.1, -0.05) is 5.16 Å². The maximum Gasteiger partial charge on any atom is 0.223 e. The number of nitrogens with zero attached hydrogens (tertiary/aromatic N) is 2. The van der Waals surface area contributed by atoms with Gasteiger partial charge in [-0.2, -0.15) is 4.98 Å². The first-order valence-electron chi connectivity index (χ1n) is 4.31. The average molecular weight is 167 g/mol. The second kappa shape index (κ2) is 2.86. The van der Waals surface area contributed by atoms with Crippen LogP contribution in [0.4, 0.5) is 0 Å². The second-order valence-electron chi connectivity index (χ2n) is 3.35. The summed E-state index contributed by atoms with van der Waals surface area (Å²) in [7, 11) is 0. The first-order chi connectivity index (χ1) is 5.81. The molecule has 1 aromatic heterocycles. The molecular weight excluding hydrogens is 154 g/mol. The van der Waals surface area contributed by atoms with Crippen molar-refractivity contribution in [2.75, 3.05) is 6.54 Å². The molecule has 0 amide bonds. The molecule has 0 aromatic carbocycles. The molecule has 0 saturated heterocycles. The van der Waals surface area contributed by atoms with Crippen LogP contribution in [0.2, 0.25) is 0 Å². The Balaban J connectivity index is 2.15. The summed E-state index contributed by atoms with van der Waals surface area (Å²) in [4.78, 5) is 4.19. The van der Waals surface area contributed by atoms with Crippen molar-refractivity contribution in [1.29, 1.82) is 0 Å². The summed E-state index contributed by atoms with van der Waals surface area (Å²) < 4.78 is 4.91. The molecule has 0 unspecified atom stereocenters. The molecule has 0 radical (unpaired) electrons. The van der Waals surface area contributed by atoms with Gasteiger partial charge in [-0.15, -0.1) is 0 Å². The fourth-order valence-electron chi connectivity index (χ4n) is 1.47. The summed E-state index contributed by atoms with van der Waals surface area (Å²) >= 11 is 0. The Hall–Kier alpha value is -0.900. The van der Waals surface area contributed by atoms with Crippen LogP contribution in [0.5, 0.6) is 0 Å². The minimum atomic E-state index is 0.322. The van der Waals surface area contributed by atoms with Gasteiger partial charge in [0, 0.05) is 19.4 Å². The Labute approximate surface area is 71.1 Å². The van der Waals surface area contributed by atoms with Crippen LogP contribution in [-0.4, -0.2) is 16.7 Å². The lowest BCUT2D eigenvalue weighted by Gasteiger charge is -2.06. The van der Waals surface area contributed by atoms with Crippen molar-refractivity contribution in [1.82, 2.24) is 10.1 Å². The molecule has 1 aliphatic rings. The van der Waals surface area contributed by atoms with E-state index in [-0.39, 0.29) is 0 Å². The molecule has 2 rings (SSSR count). The van der Waals surface area contributed by atoms with Gasteiger partial charge in [-0.25, -0.2) is 0 Å². The Morgan fingerprint density at radius 1 is 1.67 bits per heavy atom. The molecule has 0 spiro atoms. The topological polar surface area (TPSA) is 64.9 Å². The van der Waals surface area contributed by atoms with Crippen LogP contribution in [0.25, 0.3) is 0 Å². The fraction of sp³-hybridized carbons (Fsp3) is 0.750. The third-order valence-corrected chi connectivity index (χ3v) is 2.32. The van der Waals surface area contributed by atoms with Crippen molar-refractivity contribution in [3.05, 3.63) is 11.7 Å². The quantitative estimate of drug-likeness (QED) is 0.724. The van der Waals surface area contributed by atoms with Crippen LogP contribution >= 0.6 is 0 Å². The minimum absolute atomic E-state index is 0.322. The highest BCUT2D eigenvalue weighted by Gasteiger charge is 2.34. The van der Waals surface area contributed by atoms with Gasteiger partial charge < -0.3 is 10.3 Å². The Kier molecular flexibility index (Phi) is 1.84. The predicted molar refractivity (Wildman–Crippen MR) is 43.6 cm³/mol. The normalized spacial score (nSPS) is 19.5. The van der Waals surface area contributed by atoms with E-state index in [0.717, 1.165) is 5.82 Å². The summed E-state index contributed by atoms with van der Waals surface area (Å²) in [6.07, 6.45) is 2.52. The van der Waals surface area contributed by atoms with Crippen molar-refractivity contribution < 1.29 is 4.52 Å². The zero-order valence-electron chi connectivity index (χ0n) is 7.16. The first-order valence-corrected chi connectivity index (χ1v) is 4.31. The Morgan fingerprint density at radius 2 is 2.42 bits per heavy atom. The third-order valence-electron chi connectivity index (χ3n) is 2.32. The summed E-state index contributed by atoms with van der Waals surface area (Å²) in [6.45, 7) is 2.43. The highest BCUT2D eigenvalue weighted by atomic mass is 16.5. The standard InChI is InChI=1S/C8H13N3O/c1-5-10-8(11-12-5)7(4-9)6-2-3-6/h6-7H,2-4,9H2,1H3/t7-/m1/s1. The van der Waals surface area contributed by atoms with Crippen LogP contribution < -0.4 is 5.73 Å². The molecule has 1 heterocycles. The van der Waals surface area contributed by atoms with Gasteiger partial charge >= 0.3 is 0 Å². The van der Waals surface area contributed by atoms with Gasteiger partial charge in [0.15, 0.2) is 5.82 Å². The molecule has 4 nitrogen and oxygen atoms in total. The maximum atomic E-state index is 5.63. The highest BCUT2D eigenvalue weighted by molar-refractivity contribution is 5.02. The number of rotatable bonds is 3. The lowest BCUT2D eigenvalue weighted by molar-refractivity contribution is 0.380. The summed E-state index contributed by atoms with van der Waals surface area (Å²) in [5.41, 5.74) is 5.63. The van der Waals surface area contributed by atoms with E-state index < -0.39 is 0 Å². The van der Waals surface area contributed by atoms with Crippen molar-refractivity contribution >= 4 is 0 Å². The SMILES string of the molecule is Cc1nc([C@H](CN)C2CC2)no1. The zero-order chi connectivity index (χ0) is 8.55. The molecule has 1 aromatic rings. The number of aryl methyl sites for hydroxylation is 1. The van der Waals surface area contributed by atoms with Gasteiger partial charge in [0.1, 0.15) is 0 Å². The predicted octanol–water partition coefficient (Wildman–Crippen LogP) is 0.830. The molecule has 0 aliphatic heterocycles. The van der Waals surface area contributed by atoms with E-state index in [9.17, 15) is 0 Å². The lowest BCUT2D eigenvalue weighted by atomic mass is 10.0. The van der Waals surface area contributed by atoms with Crippen LogP contribution in [0.3, 0.4) is 0 Å². The molecule has 2 N–H and O–H groups in total. The molecule has 0 bridgehead atoms. The largest absolute Gasteiger partial charge is 0.340 e. The smallest absolute Gasteiger partial charge is 0.223 e. The Bertz CT molecular complexity index is 267. The van der Waals surface area contributed by atoms with Gasteiger partial charge in [0.25, 0.3) is 0 Å². The summed E-state index contributed by atoms with van der Waals surface area (Å²) in [5, 5.41) is 3.88. The molecule has 1 atom stereocenters. The van der Waals surface area contributed by atoms with E-state index in [2.05, 4.69) is 10.1 Å². The van der Waals surface area contributed by atoms with Crippen LogP contribution in [0.15, 0.2) is 4.52 Å². The van der Waals surface area contributed by atoms with Crippen LogP contribution in [0, 0.1) is 12.8 Å². The van der Waals surface area contributed by atoms with Crippen LogP contribution in [-0.2, 0) is 0 Å². The minimum Gasteiger partial charge on any atom is -0.340 e. The van der Waals surface area contributed by atoms with E-state index in [1.165, 1.54) is 12.8 Å². The zero-order valence-corrected chi connectivity index (χ0v) is 7.16. The van der Waals surface area contributed by atoms with E-state index >= 15 is 0 Å². The number of hydrogen-bond acceptors (Lipinski definition) is 4. The van der Waals surface area contributed by atoms with E-state index in [4.69, 9.17) is 10.3 Å². The van der Waals surface area contributed by atoms with E-state index in [0.29, 0.717) is 24.3 Å². The molecule has 66 valence electrons. The van der Waals surface area contributed by atoms with Gasteiger partial charge in [-0.05, 0) is 18.8 Å². The average Bonchev–Trinajstić information content (AvgIpc) is 2.78. The molecular formula is C8H13N3O. The first kappa shape index (κ1) is 7.73. The molecule has 12 heavy (non-hydrogen) atoms. The molecule has 4 heteroatoms. The fourth-order valence-corrected chi connectivity index (χ4v) is 1.47. The van der Waals surface area contributed by atoms with E-state index in [1.807, 2.05) is 0 Å². The van der Waals surface area contributed by atoms with Crippen LogP contribution in [0.1, 0.15) is 30.5 Å². The third kappa shape index (κ3) is 1.34. The van der Waals surface area contributed by atoms with E-state index in [1.54, 1.807) is 6.92 Å². The lowest BCUT2D eigenvalue weighted by Crippen LogP contribution is -2.15. The molecule has 1 aliphatic carbocycles. The van der Waals surface area contributed by atoms with Gasteiger partial charge in [-0.3, -0.25) is 0 Å². The maximum absolute atomic E-state index is 5.63. The number of hydrogen-bond donors (Lipinski definition) is 1. The van der Waals surface area contributed by atoms with Gasteiger partial charge in [0.05, 0.1) is 0 Å². The monoisotopic (exact) mass is 167 g/mol. The van der Waals surface area contributed by atoms with Crippen molar-refractivity contribution in [2.24, 2.45) is 11.7 Å². The van der Waals surface area contributed by atoms with Crippen molar-refractivity contribution in [3.63, 3.8) is 0 Å². The number of aromatic nitrogens is 2. The second-order valence-corrected chi connectivity index (χ2v) is 3.35. The highest BCUT2D eigenvalue weighted by Crippen LogP contribution is 2.40.